The molecule has 0 saturated carbocycles. The van der Waals surface area contributed by atoms with Gasteiger partial charge in [-0.15, -0.1) is 11.8 Å². The number of benzene rings is 1. The quantitative estimate of drug-likeness (QED) is 0.837. The van der Waals surface area contributed by atoms with E-state index in [1.807, 2.05) is 23.1 Å². The topological polar surface area (TPSA) is 24.8 Å². The van der Waals surface area contributed by atoms with Crippen LogP contribution in [0.3, 0.4) is 0 Å². The largest absolute Gasteiger partial charge is 0.334 e. The van der Waals surface area contributed by atoms with Crippen LogP contribution in [0.15, 0.2) is 29.2 Å². The Morgan fingerprint density at radius 1 is 1.32 bits per heavy atom. The molecule has 0 spiro atoms. The number of carbonyl (C=O) groups excluding carboxylic acids is 1. The summed E-state index contributed by atoms with van der Waals surface area (Å²) in [7, 11) is 2.19. The van der Waals surface area contributed by atoms with E-state index in [0.29, 0.717) is 0 Å². The van der Waals surface area contributed by atoms with Crippen molar-refractivity contribution < 1.29 is 9.69 Å². The van der Waals surface area contributed by atoms with E-state index in [1.165, 1.54) is 4.90 Å². The van der Waals surface area contributed by atoms with Crippen molar-refractivity contribution in [2.45, 2.75) is 18.2 Å². The van der Waals surface area contributed by atoms with Crippen molar-refractivity contribution >= 4 is 17.7 Å². The van der Waals surface area contributed by atoms with Crippen LogP contribution >= 0.6 is 11.8 Å². The van der Waals surface area contributed by atoms with Crippen LogP contribution in [0.25, 0.3) is 0 Å². The number of thioether (sulfide) groups is 1. The number of nitrogens with one attached hydrogen (secondary N) is 1. The van der Waals surface area contributed by atoms with Crippen LogP contribution in [0.5, 0.6) is 0 Å². The van der Waals surface area contributed by atoms with Gasteiger partial charge in [0.15, 0.2) is 0 Å². The molecule has 2 rings (SSSR count). The fourth-order valence-corrected chi connectivity index (χ4v) is 3.15. The van der Waals surface area contributed by atoms with Gasteiger partial charge in [0.05, 0.1) is 38.8 Å². The normalized spacial score (nSPS) is 16.6. The Morgan fingerprint density at radius 2 is 2.00 bits per heavy atom. The number of rotatable bonds is 4. The number of hydrogen-bond acceptors (Lipinski definition) is 2. The molecule has 19 heavy (non-hydrogen) atoms. The maximum atomic E-state index is 12.6. The third-order valence-electron chi connectivity index (χ3n) is 3.48. The second kappa shape index (κ2) is 6.96. The van der Waals surface area contributed by atoms with Crippen molar-refractivity contribution in [1.29, 1.82) is 0 Å². The molecule has 0 aliphatic carbocycles. The lowest BCUT2D eigenvalue weighted by Gasteiger charge is -2.30. The zero-order valence-corrected chi connectivity index (χ0v) is 12.6. The SMILES string of the molecule is CCCSc1ccccc1C(=O)N1CC[NH+](C)CC1. The Kier molecular flexibility index (Phi) is 5.28. The number of nitrogens with zero attached hydrogens (tertiary/aromatic N) is 1. The molecular weight excluding hydrogens is 256 g/mol. The Labute approximate surface area is 120 Å². The van der Waals surface area contributed by atoms with Crippen LogP contribution in [-0.2, 0) is 0 Å². The second-order valence-corrected chi connectivity index (χ2v) is 6.23. The molecule has 1 aliphatic rings. The van der Waals surface area contributed by atoms with Gasteiger partial charge in [0.25, 0.3) is 5.91 Å². The van der Waals surface area contributed by atoms with Gasteiger partial charge in [-0.05, 0) is 24.3 Å². The molecule has 1 fully saturated rings. The zero-order chi connectivity index (χ0) is 13.7. The first-order chi connectivity index (χ1) is 9.22. The first kappa shape index (κ1) is 14.4. The first-order valence-corrected chi connectivity index (χ1v) is 8.03. The molecule has 0 atom stereocenters. The van der Waals surface area contributed by atoms with E-state index in [2.05, 4.69) is 20.0 Å². The predicted octanol–water partition coefficient (Wildman–Crippen LogP) is 1.16. The first-order valence-electron chi connectivity index (χ1n) is 7.04. The van der Waals surface area contributed by atoms with Gasteiger partial charge >= 0.3 is 0 Å². The molecule has 4 heteroatoms. The molecule has 0 radical (unpaired) electrons. The van der Waals surface area contributed by atoms with Crippen LogP contribution in [0, 0.1) is 0 Å². The molecule has 1 N–H and O–H groups in total. The molecule has 1 heterocycles. The summed E-state index contributed by atoms with van der Waals surface area (Å²) in [5.41, 5.74) is 0.875. The van der Waals surface area contributed by atoms with Gasteiger partial charge in [-0.1, -0.05) is 19.1 Å². The summed E-state index contributed by atoms with van der Waals surface area (Å²) in [4.78, 5) is 17.2. The highest BCUT2D eigenvalue weighted by Gasteiger charge is 2.23. The molecule has 1 amide bonds. The molecule has 0 unspecified atom stereocenters. The number of quaternary nitrogens is 1. The Balaban J connectivity index is 2.09. The molecule has 1 aliphatic heterocycles. The van der Waals surface area contributed by atoms with E-state index < -0.39 is 0 Å². The molecule has 104 valence electrons. The molecule has 1 aromatic rings. The van der Waals surface area contributed by atoms with Crippen LogP contribution in [-0.4, -0.2) is 49.8 Å². The molecule has 3 nitrogen and oxygen atoms in total. The lowest BCUT2D eigenvalue weighted by atomic mass is 10.2. The van der Waals surface area contributed by atoms with Crippen molar-refractivity contribution in [2.75, 3.05) is 39.0 Å². The van der Waals surface area contributed by atoms with Crippen LogP contribution in [0.2, 0.25) is 0 Å². The minimum absolute atomic E-state index is 0.201. The highest BCUT2D eigenvalue weighted by atomic mass is 32.2. The van der Waals surface area contributed by atoms with Crippen molar-refractivity contribution in [3.8, 4) is 0 Å². The van der Waals surface area contributed by atoms with Gasteiger partial charge in [0.2, 0.25) is 0 Å². The van der Waals surface area contributed by atoms with E-state index >= 15 is 0 Å². The average molecular weight is 279 g/mol. The molecule has 0 aromatic heterocycles. The number of likely N-dealkylation sites (N-methyl/N-ethyl adjacent to an activating group) is 1. The van der Waals surface area contributed by atoms with Gasteiger partial charge in [0, 0.05) is 4.90 Å². The van der Waals surface area contributed by atoms with Crippen LogP contribution < -0.4 is 4.90 Å². The summed E-state index contributed by atoms with van der Waals surface area (Å²) >= 11 is 1.79. The van der Waals surface area contributed by atoms with Gasteiger partial charge < -0.3 is 9.80 Å². The fraction of sp³-hybridized carbons (Fsp3) is 0.533. The minimum Gasteiger partial charge on any atom is -0.334 e. The van der Waals surface area contributed by atoms with Crippen LogP contribution in [0.4, 0.5) is 0 Å². The number of carbonyl (C=O) groups is 1. The van der Waals surface area contributed by atoms with E-state index in [1.54, 1.807) is 11.8 Å². The van der Waals surface area contributed by atoms with Gasteiger partial charge in [-0.25, -0.2) is 0 Å². The van der Waals surface area contributed by atoms with E-state index in [-0.39, 0.29) is 5.91 Å². The maximum absolute atomic E-state index is 12.6. The number of amides is 1. The van der Waals surface area contributed by atoms with E-state index in [9.17, 15) is 4.79 Å². The van der Waals surface area contributed by atoms with Crippen molar-refractivity contribution in [3.63, 3.8) is 0 Å². The molecule has 0 bridgehead atoms. The maximum Gasteiger partial charge on any atom is 0.255 e. The van der Waals surface area contributed by atoms with Crippen molar-refractivity contribution in [1.82, 2.24) is 4.90 Å². The third kappa shape index (κ3) is 3.74. The zero-order valence-electron chi connectivity index (χ0n) is 11.8. The van der Waals surface area contributed by atoms with Gasteiger partial charge in [0.1, 0.15) is 0 Å². The number of hydrogen-bond donors (Lipinski definition) is 1. The Bertz CT molecular complexity index is 428. The summed E-state index contributed by atoms with van der Waals surface area (Å²) < 4.78 is 0. The van der Waals surface area contributed by atoms with Crippen molar-refractivity contribution in [3.05, 3.63) is 29.8 Å². The molecular formula is C15H23N2OS+. The minimum atomic E-state index is 0.201. The summed E-state index contributed by atoms with van der Waals surface area (Å²) in [5.74, 6) is 1.27. The van der Waals surface area contributed by atoms with Gasteiger partial charge in [-0.3, -0.25) is 4.79 Å². The summed E-state index contributed by atoms with van der Waals surface area (Å²) in [6.45, 7) is 6.02. The lowest BCUT2D eigenvalue weighted by molar-refractivity contribution is -0.883. The average Bonchev–Trinajstić information content (AvgIpc) is 2.45. The molecule has 1 saturated heterocycles. The van der Waals surface area contributed by atoms with Crippen molar-refractivity contribution in [2.24, 2.45) is 0 Å². The Hall–Kier alpha value is -1.00. The summed E-state index contributed by atoms with van der Waals surface area (Å²) in [6.07, 6.45) is 1.13. The monoisotopic (exact) mass is 279 g/mol. The highest BCUT2D eigenvalue weighted by Crippen LogP contribution is 2.24. The smallest absolute Gasteiger partial charge is 0.255 e. The second-order valence-electron chi connectivity index (χ2n) is 5.09. The predicted molar refractivity (Wildman–Crippen MR) is 80.0 cm³/mol. The summed E-state index contributed by atoms with van der Waals surface area (Å²) in [5, 5.41) is 0. The van der Waals surface area contributed by atoms with Crippen LogP contribution in [0.1, 0.15) is 23.7 Å². The number of piperazine rings is 1. The van der Waals surface area contributed by atoms with Gasteiger partial charge in [-0.2, -0.15) is 0 Å². The lowest BCUT2D eigenvalue weighted by Crippen LogP contribution is -3.12. The Morgan fingerprint density at radius 3 is 2.68 bits per heavy atom. The fourth-order valence-electron chi connectivity index (χ4n) is 2.24. The third-order valence-corrected chi connectivity index (χ3v) is 4.76. The van der Waals surface area contributed by atoms with E-state index in [0.717, 1.165) is 48.8 Å². The molecule has 1 aromatic carbocycles. The standard InChI is InChI=1S/C15H22N2OS/c1-3-12-19-14-7-5-4-6-13(14)15(18)17-10-8-16(2)9-11-17/h4-7H,3,8-12H2,1-2H3/p+1. The highest BCUT2D eigenvalue weighted by molar-refractivity contribution is 7.99. The van der Waals surface area contributed by atoms with E-state index in [4.69, 9.17) is 0 Å². The summed E-state index contributed by atoms with van der Waals surface area (Å²) in [6, 6.07) is 8.01.